The maximum atomic E-state index is 11.7. The molecule has 0 aliphatic rings. The first-order valence-electron chi connectivity index (χ1n) is 5.78. The summed E-state index contributed by atoms with van der Waals surface area (Å²) in [6.07, 6.45) is 2.19. The minimum Gasteiger partial charge on any atom is -0.478 e. The maximum Gasteiger partial charge on any atom is 0.337 e. The molecule has 1 rings (SSSR count). The second-order valence-electron chi connectivity index (χ2n) is 5.10. The van der Waals surface area contributed by atoms with E-state index < -0.39 is 5.97 Å². The van der Waals surface area contributed by atoms with Crippen LogP contribution in [0.15, 0.2) is 23.1 Å². The van der Waals surface area contributed by atoms with E-state index in [1.165, 1.54) is 22.9 Å². The molecular formula is C13H19NO4. The van der Waals surface area contributed by atoms with Crippen LogP contribution in [0.4, 0.5) is 0 Å². The Hall–Kier alpha value is -1.62. The summed E-state index contributed by atoms with van der Waals surface area (Å²) in [5.74, 6) is -1.03. The zero-order chi connectivity index (χ0) is 13.8. The SMILES string of the molecule is COCCC(C)(C)Cn1cc(C(=O)O)ccc1=O. The van der Waals surface area contributed by atoms with Crippen LogP contribution in [0.2, 0.25) is 0 Å². The largest absolute Gasteiger partial charge is 0.478 e. The fourth-order valence-corrected chi connectivity index (χ4v) is 1.70. The standard InChI is InChI=1S/C13H19NO4/c1-13(2,6-7-18-3)9-14-8-10(12(16)17)4-5-11(14)15/h4-5,8H,6-7,9H2,1-3H3,(H,16,17). The highest BCUT2D eigenvalue weighted by Crippen LogP contribution is 2.22. The number of carboxylic acid groups (broad SMARTS) is 1. The summed E-state index contributed by atoms with van der Waals surface area (Å²) in [4.78, 5) is 22.6. The monoisotopic (exact) mass is 253 g/mol. The van der Waals surface area contributed by atoms with Gasteiger partial charge in [-0.3, -0.25) is 4.79 Å². The van der Waals surface area contributed by atoms with E-state index in [1.807, 2.05) is 13.8 Å². The molecule has 0 radical (unpaired) electrons. The Labute approximate surface area is 106 Å². The lowest BCUT2D eigenvalue weighted by Gasteiger charge is -2.25. The van der Waals surface area contributed by atoms with Gasteiger partial charge in [-0.1, -0.05) is 13.8 Å². The van der Waals surface area contributed by atoms with Crippen molar-refractivity contribution >= 4 is 5.97 Å². The van der Waals surface area contributed by atoms with Gasteiger partial charge in [0, 0.05) is 32.5 Å². The van der Waals surface area contributed by atoms with E-state index in [0.717, 1.165) is 6.42 Å². The number of pyridine rings is 1. The number of hydrogen-bond acceptors (Lipinski definition) is 3. The molecule has 5 heteroatoms. The Balaban J connectivity index is 2.92. The van der Waals surface area contributed by atoms with E-state index in [1.54, 1.807) is 7.11 Å². The van der Waals surface area contributed by atoms with E-state index in [0.29, 0.717) is 13.2 Å². The molecule has 1 aromatic heterocycles. The van der Waals surface area contributed by atoms with Crippen molar-refractivity contribution in [2.75, 3.05) is 13.7 Å². The Morgan fingerprint density at radius 3 is 2.67 bits per heavy atom. The Morgan fingerprint density at radius 1 is 1.44 bits per heavy atom. The molecule has 0 fully saturated rings. The van der Waals surface area contributed by atoms with Gasteiger partial charge in [-0.25, -0.2) is 4.79 Å². The fraction of sp³-hybridized carbons (Fsp3) is 0.538. The minimum absolute atomic E-state index is 0.122. The predicted octanol–water partition coefficient (Wildman–Crippen LogP) is 1.61. The average molecular weight is 253 g/mol. The topological polar surface area (TPSA) is 68.5 Å². The predicted molar refractivity (Wildman–Crippen MR) is 67.9 cm³/mol. The lowest BCUT2D eigenvalue weighted by atomic mass is 9.89. The summed E-state index contributed by atoms with van der Waals surface area (Å²) < 4.78 is 6.47. The molecule has 1 N–H and O–H groups in total. The number of aromatic carboxylic acids is 1. The number of carbonyl (C=O) groups is 1. The molecular weight excluding hydrogens is 234 g/mol. The molecule has 0 saturated carbocycles. The highest BCUT2D eigenvalue weighted by Gasteiger charge is 2.19. The van der Waals surface area contributed by atoms with Gasteiger partial charge in [-0.2, -0.15) is 0 Å². The van der Waals surface area contributed by atoms with Crippen LogP contribution in [0, 0.1) is 5.41 Å². The summed E-state index contributed by atoms with van der Waals surface area (Å²) in [6.45, 7) is 5.12. The van der Waals surface area contributed by atoms with Gasteiger partial charge in [0.25, 0.3) is 5.56 Å². The zero-order valence-electron chi connectivity index (χ0n) is 11.0. The van der Waals surface area contributed by atoms with Crippen molar-refractivity contribution in [2.45, 2.75) is 26.8 Å². The third-order valence-electron chi connectivity index (χ3n) is 2.81. The molecule has 0 amide bonds. The Kier molecular flexibility index (Phi) is 4.67. The number of nitrogens with zero attached hydrogens (tertiary/aromatic N) is 1. The Bertz CT molecular complexity index is 476. The molecule has 0 aliphatic heterocycles. The molecule has 0 atom stereocenters. The highest BCUT2D eigenvalue weighted by atomic mass is 16.5. The van der Waals surface area contributed by atoms with Crippen LogP contribution < -0.4 is 5.56 Å². The third kappa shape index (κ3) is 4.00. The maximum absolute atomic E-state index is 11.7. The van der Waals surface area contributed by atoms with Gasteiger partial charge in [0.05, 0.1) is 5.56 Å². The van der Waals surface area contributed by atoms with Crippen molar-refractivity contribution in [3.05, 3.63) is 34.2 Å². The number of rotatable bonds is 6. The summed E-state index contributed by atoms with van der Waals surface area (Å²) >= 11 is 0. The van der Waals surface area contributed by atoms with Gasteiger partial charge >= 0.3 is 5.97 Å². The lowest BCUT2D eigenvalue weighted by molar-refractivity contribution is 0.0695. The van der Waals surface area contributed by atoms with E-state index in [9.17, 15) is 9.59 Å². The van der Waals surface area contributed by atoms with E-state index in [2.05, 4.69) is 0 Å². The molecule has 0 aromatic carbocycles. The highest BCUT2D eigenvalue weighted by molar-refractivity contribution is 5.87. The molecule has 0 aliphatic carbocycles. The lowest BCUT2D eigenvalue weighted by Crippen LogP contribution is -2.29. The molecule has 5 nitrogen and oxygen atoms in total. The van der Waals surface area contributed by atoms with Gasteiger partial charge < -0.3 is 14.4 Å². The first-order valence-corrected chi connectivity index (χ1v) is 5.78. The second kappa shape index (κ2) is 5.82. The average Bonchev–Trinajstić information content (AvgIpc) is 2.29. The van der Waals surface area contributed by atoms with E-state index >= 15 is 0 Å². The molecule has 100 valence electrons. The van der Waals surface area contributed by atoms with Gasteiger partial charge in [0.15, 0.2) is 0 Å². The van der Waals surface area contributed by atoms with Gasteiger partial charge in [-0.15, -0.1) is 0 Å². The summed E-state index contributed by atoms with van der Waals surface area (Å²) in [7, 11) is 1.63. The van der Waals surface area contributed by atoms with Crippen molar-refractivity contribution in [2.24, 2.45) is 5.41 Å². The minimum atomic E-state index is -1.03. The van der Waals surface area contributed by atoms with Crippen LogP contribution in [0.25, 0.3) is 0 Å². The quantitative estimate of drug-likeness (QED) is 0.836. The van der Waals surface area contributed by atoms with Crippen LogP contribution in [0.1, 0.15) is 30.6 Å². The van der Waals surface area contributed by atoms with Crippen molar-refractivity contribution in [3.8, 4) is 0 Å². The first kappa shape index (κ1) is 14.4. The molecule has 1 aromatic rings. The van der Waals surface area contributed by atoms with Crippen LogP contribution in [0.3, 0.4) is 0 Å². The zero-order valence-corrected chi connectivity index (χ0v) is 11.0. The molecule has 0 bridgehead atoms. The van der Waals surface area contributed by atoms with E-state index in [-0.39, 0.29) is 16.5 Å². The van der Waals surface area contributed by atoms with Gasteiger partial charge in [-0.05, 0) is 17.9 Å². The fourth-order valence-electron chi connectivity index (χ4n) is 1.70. The second-order valence-corrected chi connectivity index (χ2v) is 5.10. The molecule has 0 unspecified atom stereocenters. The van der Waals surface area contributed by atoms with Crippen LogP contribution in [-0.4, -0.2) is 29.4 Å². The van der Waals surface area contributed by atoms with Crippen LogP contribution >= 0.6 is 0 Å². The van der Waals surface area contributed by atoms with Crippen LogP contribution in [0.5, 0.6) is 0 Å². The molecule has 0 saturated heterocycles. The molecule has 1 heterocycles. The van der Waals surface area contributed by atoms with Gasteiger partial charge in [0.1, 0.15) is 0 Å². The van der Waals surface area contributed by atoms with Crippen molar-refractivity contribution in [3.63, 3.8) is 0 Å². The summed E-state index contributed by atoms with van der Waals surface area (Å²) in [5.41, 5.74) is -0.195. The van der Waals surface area contributed by atoms with E-state index in [4.69, 9.17) is 9.84 Å². The van der Waals surface area contributed by atoms with Gasteiger partial charge in [0.2, 0.25) is 0 Å². The number of methoxy groups -OCH3 is 1. The number of carboxylic acids is 1. The summed E-state index contributed by atoms with van der Waals surface area (Å²) in [5, 5.41) is 8.90. The number of aromatic nitrogens is 1. The van der Waals surface area contributed by atoms with Crippen LogP contribution in [-0.2, 0) is 11.3 Å². The molecule has 18 heavy (non-hydrogen) atoms. The smallest absolute Gasteiger partial charge is 0.337 e. The number of ether oxygens (including phenoxy) is 1. The first-order chi connectivity index (χ1) is 8.35. The normalized spacial score (nSPS) is 11.5. The third-order valence-corrected chi connectivity index (χ3v) is 2.81. The molecule has 0 spiro atoms. The van der Waals surface area contributed by atoms with Crippen molar-refractivity contribution in [1.29, 1.82) is 0 Å². The van der Waals surface area contributed by atoms with Crippen molar-refractivity contribution in [1.82, 2.24) is 4.57 Å². The summed E-state index contributed by atoms with van der Waals surface area (Å²) in [6, 6.07) is 2.61. The van der Waals surface area contributed by atoms with Crippen molar-refractivity contribution < 1.29 is 14.6 Å². The Morgan fingerprint density at radius 2 is 2.11 bits per heavy atom. The number of hydrogen-bond donors (Lipinski definition) is 1.